The van der Waals surface area contributed by atoms with Crippen LogP contribution < -0.4 is 10.1 Å². The predicted molar refractivity (Wildman–Crippen MR) is 165 cm³/mol. The molecule has 1 saturated heterocycles. The van der Waals surface area contributed by atoms with E-state index in [1.165, 1.54) is 5.01 Å². The van der Waals surface area contributed by atoms with E-state index in [0.717, 1.165) is 20.3 Å². The maximum Gasteiger partial charge on any atom is 0.262 e. The molecular weight excluding hydrogens is 662 g/mol. The molecule has 3 aliphatic heterocycles. The molecule has 0 saturated carbocycles. The number of carbonyl (C=O) groups is 2. The van der Waals surface area contributed by atoms with E-state index in [4.69, 9.17) is 33.0 Å². The SMILES string of the molecule is C=CCOc1ccc(I)cc1[C@H]1N2CC(=O)N(C)N=C2C[C@@H](c2cccc(Cl)c2)[C@]12C(=O)Nc1cc(Cl)ccc12. The van der Waals surface area contributed by atoms with Gasteiger partial charge in [0.15, 0.2) is 0 Å². The van der Waals surface area contributed by atoms with Crippen molar-refractivity contribution >= 4 is 69.1 Å². The lowest BCUT2D eigenvalue weighted by Gasteiger charge is -2.54. The Morgan fingerprint density at radius 2 is 1.95 bits per heavy atom. The van der Waals surface area contributed by atoms with Crippen LogP contribution in [0.25, 0.3) is 0 Å². The molecule has 6 rings (SSSR count). The molecule has 2 amide bonds. The van der Waals surface area contributed by atoms with Crippen molar-refractivity contribution in [1.29, 1.82) is 0 Å². The van der Waals surface area contributed by atoms with Crippen molar-refractivity contribution < 1.29 is 14.3 Å². The second-order valence-electron chi connectivity index (χ2n) is 10.1. The minimum absolute atomic E-state index is 0.0621. The molecule has 1 N–H and O–H groups in total. The molecule has 3 aliphatic rings. The molecule has 3 aromatic carbocycles. The third kappa shape index (κ3) is 4.28. The van der Waals surface area contributed by atoms with E-state index in [-0.39, 0.29) is 30.9 Å². The first-order valence-electron chi connectivity index (χ1n) is 12.7. The predicted octanol–water partition coefficient (Wildman–Crippen LogP) is 6.37. The normalized spacial score (nSPS) is 23.4. The van der Waals surface area contributed by atoms with Gasteiger partial charge in [0.1, 0.15) is 30.2 Å². The van der Waals surface area contributed by atoms with Gasteiger partial charge in [-0.1, -0.05) is 54.1 Å². The van der Waals surface area contributed by atoms with Gasteiger partial charge >= 0.3 is 0 Å². The highest BCUT2D eigenvalue weighted by molar-refractivity contribution is 14.1. The molecular formula is C30H25Cl2IN4O3. The van der Waals surface area contributed by atoms with Gasteiger partial charge in [0.25, 0.3) is 5.91 Å². The summed E-state index contributed by atoms with van der Waals surface area (Å²) in [7, 11) is 1.66. The Morgan fingerprint density at radius 3 is 2.73 bits per heavy atom. The fourth-order valence-electron chi connectivity index (χ4n) is 6.28. The fourth-order valence-corrected chi connectivity index (χ4v) is 7.17. The number of piperidine rings is 1. The van der Waals surface area contributed by atoms with E-state index in [2.05, 4.69) is 34.5 Å². The molecule has 3 atom stereocenters. The van der Waals surface area contributed by atoms with E-state index in [9.17, 15) is 9.59 Å². The number of hydrogen-bond acceptors (Lipinski definition) is 5. The fraction of sp³-hybridized carbons (Fsp3) is 0.233. The number of nitrogens with one attached hydrogen (secondary N) is 1. The number of hydrazone groups is 1. The van der Waals surface area contributed by atoms with Gasteiger partial charge < -0.3 is 15.0 Å². The van der Waals surface area contributed by atoms with Crippen molar-refractivity contribution in [3.05, 3.63) is 104 Å². The van der Waals surface area contributed by atoms with E-state index in [0.29, 0.717) is 33.7 Å². The van der Waals surface area contributed by atoms with Gasteiger partial charge in [-0.15, -0.1) is 0 Å². The van der Waals surface area contributed by atoms with Gasteiger partial charge in [0, 0.05) is 44.3 Å². The van der Waals surface area contributed by atoms with Crippen LogP contribution in [0.15, 0.2) is 78.4 Å². The van der Waals surface area contributed by atoms with Gasteiger partial charge in [-0.2, -0.15) is 5.10 Å². The largest absolute Gasteiger partial charge is 0.489 e. The number of rotatable bonds is 5. The Morgan fingerprint density at radius 1 is 1.15 bits per heavy atom. The Hall–Kier alpha value is -3.08. The second kappa shape index (κ2) is 10.4. The molecule has 3 heterocycles. The first kappa shape index (κ1) is 27.1. The Labute approximate surface area is 255 Å². The van der Waals surface area contributed by atoms with E-state index in [1.807, 2.05) is 53.4 Å². The van der Waals surface area contributed by atoms with Crippen molar-refractivity contribution in [3.63, 3.8) is 0 Å². The van der Waals surface area contributed by atoms with Crippen LogP contribution in [-0.2, 0) is 15.0 Å². The van der Waals surface area contributed by atoms with Crippen LogP contribution in [0.4, 0.5) is 5.69 Å². The molecule has 3 aromatic rings. The van der Waals surface area contributed by atoms with Crippen LogP contribution in [-0.4, -0.2) is 47.8 Å². The Balaban J connectivity index is 1.71. The van der Waals surface area contributed by atoms with E-state index < -0.39 is 11.5 Å². The lowest BCUT2D eigenvalue weighted by molar-refractivity contribution is -0.135. The number of ether oxygens (including phenoxy) is 1. The molecule has 7 nitrogen and oxygen atoms in total. The number of fused-ring (bicyclic) bond motifs is 3. The smallest absolute Gasteiger partial charge is 0.262 e. The minimum atomic E-state index is -1.17. The van der Waals surface area contributed by atoms with Crippen molar-refractivity contribution in [3.8, 4) is 5.75 Å². The summed E-state index contributed by atoms with van der Waals surface area (Å²) in [6, 6.07) is 18.3. The topological polar surface area (TPSA) is 74.2 Å². The van der Waals surface area contributed by atoms with Gasteiger partial charge in [-0.05, 0) is 76.2 Å². The number of anilines is 1. The third-order valence-corrected chi connectivity index (χ3v) is 9.01. The number of hydrogen-bond donors (Lipinski definition) is 1. The quantitative estimate of drug-likeness (QED) is 0.250. The third-order valence-electron chi connectivity index (χ3n) is 7.87. The maximum atomic E-state index is 14.6. The van der Waals surface area contributed by atoms with E-state index in [1.54, 1.807) is 25.3 Å². The summed E-state index contributed by atoms with van der Waals surface area (Å²) >= 11 is 15.2. The molecule has 1 fully saturated rings. The number of likely N-dealkylation sites (N-methyl/N-ethyl adjacent to an activating group) is 1. The van der Waals surface area contributed by atoms with Gasteiger partial charge in [-0.3, -0.25) is 9.59 Å². The highest BCUT2D eigenvalue weighted by Crippen LogP contribution is 2.61. The summed E-state index contributed by atoms with van der Waals surface area (Å²) in [5, 5.41) is 10.3. The maximum absolute atomic E-state index is 14.6. The lowest BCUT2D eigenvalue weighted by Crippen LogP contribution is -2.61. The molecule has 1 spiro atoms. The van der Waals surface area contributed by atoms with Crippen molar-refractivity contribution in [1.82, 2.24) is 9.91 Å². The number of carbonyl (C=O) groups excluding carboxylic acids is 2. The average Bonchev–Trinajstić information content (AvgIpc) is 3.19. The summed E-state index contributed by atoms with van der Waals surface area (Å²) in [5.74, 6) is 0.599. The first-order valence-corrected chi connectivity index (χ1v) is 14.6. The minimum Gasteiger partial charge on any atom is -0.489 e. The molecule has 0 aliphatic carbocycles. The van der Waals surface area contributed by atoms with Gasteiger partial charge in [0.2, 0.25) is 5.91 Å². The molecule has 0 unspecified atom stereocenters. The molecule has 0 radical (unpaired) electrons. The summed E-state index contributed by atoms with van der Waals surface area (Å²) in [6.07, 6.45) is 2.09. The zero-order valence-corrected chi connectivity index (χ0v) is 25.2. The Bertz CT molecular complexity index is 1590. The average molecular weight is 687 g/mol. The van der Waals surface area contributed by atoms with Crippen LogP contribution in [0.1, 0.15) is 35.1 Å². The number of benzene rings is 3. The summed E-state index contributed by atoms with van der Waals surface area (Å²) in [6.45, 7) is 4.15. The number of halogens is 3. The van der Waals surface area contributed by atoms with Crippen molar-refractivity contribution in [2.24, 2.45) is 5.10 Å². The molecule has 10 heteroatoms. The van der Waals surface area contributed by atoms with Crippen LogP contribution in [0, 0.1) is 3.57 Å². The first-order chi connectivity index (χ1) is 19.2. The molecule has 0 aromatic heterocycles. The van der Waals surface area contributed by atoms with Gasteiger partial charge in [0.05, 0.1) is 6.04 Å². The highest BCUT2D eigenvalue weighted by atomic mass is 127. The number of amidine groups is 1. The zero-order valence-electron chi connectivity index (χ0n) is 21.5. The molecule has 204 valence electrons. The number of nitrogens with zero attached hydrogens (tertiary/aromatic N) is 3. The van der Waals surface area contributed by atoms with Crippen LogP contribution in [0.5, 0.6) is 5.75 Å². The number of amides is 2. The highest BCUT2D eigenvalue weighted by Gasteiger charge is 2.64. The zero-order chi connectivity index (χ0) is 28.2. The van der Waals surface area contributed by atoms with Crippen LogP contribution >= 0.6 is 45.8 Å². The lowest BCUT2D eigenvalue weighted by atomic mass is 9.58. The van der Waals surface area contributed by atoms with Gasteiger partial charge in [-0.25, -0.2) is 5.01 Å². The van der Waals surface area contributed by atoms with Crippen LogP contribution in [0.3, 0.4) is 0 Å². The standard InChI is InChI=1S/C30H25Cl2IN4O3/c1-3-11-40-25-10-8-20(33)14-21(25)28-30(22-9-7-19(32)13-24(22)34-29(30)39)23(17-5-4-6-18(31)12-17)15-26-35-36(2)27(38)16-37(26)28/h3-10,12-14,23,28H,1,11,15-16H2,2H3,(H,34,39)/t23-,28+,30-/m0/s1. The second-order valence-corrected chi connectivity index (χ2v) is 12.2. The van der Waals surface area contributed by atoms with Crippen molar-refractivity contribution in [2.75, 3.05) is 25.5 Å². The van der Waals surface area contributed by atoms with E-state index >= 15 is 0 Å². The molecule has 0 bridgehead atoms. The van der Waals surface area contributed by atoms with Crippen LogP contribution in [0.2, 0.25) is 10.0 Å². The molecule has 40 heavy (non-hydrogen) atoms. The van der Waals surface area contributed by atoms with Crippen molar-refractivity contribution in [2.45, 2.75) is 23.8 Å². The summed E-state index contributed by atoms with van der Waals surface area (Å²) < 4.78 is 7.14. The summed E-state index contributed by atoms with van der Waals surface area (Å²) in [5.41, 5.74) is 1.96. The Kier molecular flexibility index (Phi) is 7.04. The summed E-state index contributed by atoms with van der Waals surface area (Å²) in [4.78, 5) is 29.7. The monoisotopic (exact) mass is 686 g/mol.